The molecule has 1 amide bonds. The van der Waals surface area contributed by atoms with Crippen molar-refractivity contribution >= 4 is 11.6 Å². The molecule has 4 aromatic rings. The molecule has 3 aromatic carbocycles. The van der Waals surface area contributed by atoms with E-state index in [2.05, 4.69) is 5.32 Å². The van der Waals surface area contributed by atoms with Gasteiger partial charge in [0.2, 0.25) is 5.91 Å². The van der Waals surface area contributed by atoms with E-state index >= 15 is 0 Å². The summed E-state index contributed by atoms with van der Waals surface area (Å²) in [6, 6.07) is 27.5. The molecule has 31 heavy (non-hydrogen) atoms. The molecule has 0 bridgehead atoms. The van der Waals surface area contributed by atoms with Gasteiger partial charge in [-0.2, -0.15) is 5.10 Å². The highest BCUT2D eigenvalue weighted by atomic mass is 16.5. The average Bonchev–Trinajstić information content (AvgIpc) is 3.25. The van der Waals surface area contributed by atoms with Crippen molar-refractivity contribution < 1.29 is 9.53 Å². The number of carbonyl (C=O) groups is 1. The van der Waals surface area contributed by atoms with Gasteiger partial charge in [-0.25, -0.2) is 0 Å². The van der Waals surface area contributed by atoms with E-state index in [0.717, 1.165) is 40.4 Å². The smallest absolute Gasteiger partial charge is 0.224 e. The van der Waals surface area contributed by atoms with Crippen LogP contribution < -0.4 is 10.1 Å². The highest BCUT2D eigenvalue weighted by Crippen LogP contribution is 2.25. The first kappa shape index (κ1) is 20.4. The second kappa shape index (κ2) is 9.76. The minimum absolute atomic E-state index is 0.0483. The highest BCUT2D eigenvalue weighted by Gasteiger charge is 2.05. The zero-order valence-electron chi connectivity index (χ0n) is 17.5. The Balaban J connectivity index is 1.37. The van der Waals surface area contributed by atoms with Gasteiger partial charge in [-0.1, -0.05) is 37.3 Å². The molecule has 0 aliphatic heterocycles. The van der Waals surface area contributed by atoms with Gasteiger partial charge in [0.1, 0.15) is 11.5 Å². The number of anilines is 1. The van der Waals surface area contributed by atoms with Crippen molar-refractivity contribution in [2.24, 2.45) is 0 Å². The number of aromatic nitrogens is 2. The molecule has 4 rings (SSSR count). The largest absolute Gasteiger partial charge is 0.457 e. The minimum atomic E-state index is 0.0483. The summed E-state index contributed by atoms with van der Waals surface area (Å²) >= 11 is 0. The van der Waals surface area contributed by atoms with E-state index in [4.69, 9.17) is 9.84 Å². The lowest BCUT2D eigenvalue weighted by molar-refractivity contribution is -0.116. The molecule has 0 aliphatic carbocycles. The first-order chi connectivity index (χ1) is 15.2. The molecule has 0 radical (unpaired) electrons. The van der Waals surface area contributed by atoms with Crippen LogP contribution in [0.3, 0.4) is 0 Å². The summed E-state index contributed by atoms with van der Waals surface area (Å²) in [5, 5.41) is 7.60. The fourth-order valence-corrected chi connectivity index (χ4v) is 3.25. The summed E-state index contributed by atoms with van der Waals surface area (Å²) in [6.45, 7) is 2.66. The number of amides is 1. The van der Waals surface area contributed by atoms with Crippen LogP contribution in [-0.4, -0.2) is 15.7 Å². The standard InChI is InChI=1S/C26H25N3O2/c1-2-6-26(30)27-22-13-9-20(10-14-22)19-29-18-17-25(28-29)21-11-15-24(16-12-21)31-23-7-4-3-5-8-23/h3-5,7-18H,2,6,19H2,1H3,(H,27,30). The third-order valence-corrected chi connectivity index (χ3v) is 4.83. The summed E-state index contributed by atoms with van der Waals surface area (Å²) in [6.07, 6.45) is 3.35. The summed E-state index contributed by atoms with van der Waals surface area (Å²) in [7, 11) is 0. The third kappa shape index (κ3) is 5.60. The van der Waals surface area contributed by atoms with Crippen LogP contribution in [0.4, 0.5) is 5.69 Å². The molecule has 1 N–H and O–H groups in total. The molecule has 5 nitrogen and oxygen atoms in total. The lowest BCUT2D eigenvalue weighted by Crippen LogP contribution is -2.10. The van der Waals surface area contributed by atoms with Crippen LogP contribution in [0, 0.1) is 0 Å². The van der Waals surface area contributed by atoms with Crippen LogP contribution in [0.25, 0.3) is 11.3 Å². The topological polar surface area (TPSA) is 56.2 Å². The van der Waals surface area contributed by atoms with E-state index in [1.54, 1.807) is 0 Å². The minimum Gasteiger partial charge on any atom is -0.457 e. The number of hydrogen-bond donors (Lipinski definition) is 1. The van der Waals surface area contributed by atoms with Gasteiger partial charge in [-0.05, 0) is 66.6 Å². The highest BCUT2D eigenvalue weighted by molar-refractivity contribution is 5.90. The summed E-state index contributed by atoms with van der Waals surface area (Å²) in [4.78, 5) is 11.7. The Kier molecular flexibility index (Phi) is 6.43. The van der Waals surface area contributed by atoms with Gasteiger partial charge in [-0.3, -0.25) is 9.48 Å². The molecule has 0 saturated heterocycles. The molecule has 5 heteroatoms. The SMILES string of the molecule is CCCC(=O)Nc1ccc(Cn2ccc(-c3ccc(Oc4ccccc4)cc3)n2)cc1. The Bertz CT molecular complexity index is 1120. The van der Waals surface area contributed by atoms with Gasteiger partial charge in [0.25, 0.3) is 0 Å². The van der Waals surface area contributed by atoms with Crippen molar-refractivity contribution in [3.05, 3.63) is 96.7 Å². The number of nitrogens with one attached hydrogen (secondary N) is 1. The molecule has 1 aromatic heterocycles. The van der Waals surface area contributed by atoms with Gasteiger partial charge in [-0.15, -0.1) is 0 Å². The van der Waals surface area contributed by atoms with Gasteiger partial charge in [0.05, 0.1) is 12.2 Å². The quantitative estimate of drug-likeness (QED) is 0.379. The lowest BCUT2D eigenvalue weighted by Gasteiger charge is -2.07. The van der Waals surface area contributed by atoms with E-state index in [0.29, 0.717) is 13.0 Å². The molecule has 0 fully saturated rings. The predicted molar refractivity (Wildman–Crippen MR) is 123 cm³/mol. The molecule has 0 atom stereocenters. The number of benzene rings is 3. The Morgan fingerprint density at radius 1 is 0.903 bits per heavy atom. The van der Waals surface area contributed by atoms with Crippen LogP contribution in [-0.2, 0) is 11.3 Å². The van der Waals surface area contributed by atoms with Crippen molar-refractivity contribution in [2.75, 3.05) is 5.32 Å². The Morgan fingerprint density at radius 2 is 1.61 bits per heavy atom. The molecule has 0 saturated carbocycles. The van der Waals surface area contributed by atoms with Crippen molar-refractivity contribution in [1.29, 1.82) is 0 Å². The van der Waals surface area contributed by atoms with Crippen LogP contribution >= 0.6 is 0 Å². The van der Waals surface area contributed by atoms with Gasteiger partial charge >= 0.3 is 0 Å². The van der Waals surface area contributed by atoms with Crippen molar-refractivity contribution in [1.82, 2.24) is 9.78 Å². The number of para-hydroxylation sites is 1. The average molecular weight is 412 g/mol. The molecular formula is C26H25N3O2. The molecule has 0 aliphatic rings. The van der Waals surface area contributed by atoms with E-state index in [-0.39, 0.29) is 5.91 Å². The van der Waals surface area contributed by atoms with Crippen LogP contribution in [0.1, 0.15) is 25.3 Å². The number of hydrogen-bond acceptors (Lipinski definition) is 3. The van der Waals surface area contributed by atoms with Gasteiger partial charge in [0, 0.05) is 23.9 Å². The number of ether oxygens (including phenoxy) is 1. The fraction of sp³-hybridized carbons (Fsp3) is 0.154. The predicted octanol–water partition coefficient (Wildman–Crippen LogP) is 6.13. The molecular weight excluding hydrogens is 386 g/mol. The number of nitrogens with zero attached hydrogens (tertiary/aromatic N) is 2. The monoisotopic (exact) mass is 411 g/mol. The second-order valence-corrected chi connectivity index (χ2v) is 7.33. The van der Waals surface area contributed by atoms with Crippen LogP contribution in [0.2, 0.25) is 0 Å². The first-order valence-corrected chi connectivity index (χ1v) is 10.5. The van der Waals surface area contributed by atoms with Crippen molar-refractivity contribution in [2.45, 2.75) is 26.3 Å². The maximum Gasteiger partial charge on any atom is 0.224 e. The maximum atomic E-state index is 11.7. The second-order valence-electron chi connectivity index (χ2n) is 7.33. The van der Waals surface area contributed by atoms with E-state index in [1.165, 1.54) is 0 Å². The number of carbonyl (C=O) groups excluding carboxylic acids is 1. The Morgan fingerprint density at radius 3 is 2.32 bits per heavy atom. The molecule has 156 valence electrons. The molecule has 1 heterocycles. The maximum absolute atomic E-state index is 11.7. The normalized spacial score (nSPS) is 10.6. The van der Waals surface area contributed by atoms with Gasteiger partial charge in [0.15, 0.2) is 0 Å². The van der Waals surface area contributed by atoms with Crippen LogP contribution in [0.15, 0.2) is 91.1 Å². The summed E-state index contributed by atoms with van der Waals surface area (Å²) in [5.74, 6) is 1.66. The Hall–Kier alpha value is -3.86. The summed E-state index contributed by atoms with van der Waals surface area (Å²) in [5.41, 5.74) is 3.89. The lowest BCUT2D eigenvalue weighted by atomic mass is 10.1. The molecule has 0 unspecified atom stereocenters. The zero-order valence-corrected chi connectivity index (χ0v) is 17.5. The fourth-order valence-electron chi connectivity index (χ4n) is 3.25. The van der Waals surface area contributed by atoms with Crippen molar-refractivity contribution in [3.8, 4) is 22.8 Å². The first-order valence-electron chi connectivity index (χ1n) is 10.5. The van der Waals surface area contributed by atoms with Gasteiger partial charge < -0.3 is 10.1 Å². The van der Waals surface area contributed by atoms with E-state index in [9.17, 15) is 4.79 Å². The van der Waals surface area contributed by atoms with Crippen molar-refractivity contribution in [3.63, 3.8) is 0 Å². The van der Waals surface area contributed by atoms with E-state index in [1.807, 2.05) is 103 Å². The Labute approximate surface area is 182 Å². The van der Waals surface area contributed by atoms with E-state index < -0.39 is 0 Å². The number of rotatable bonds is 8. The zero-order chi connectivity index (χ0) is 21.5. The summed E-state index contributed by atoms with van der Waals surface area (Å²) < 4.78 is 7.76. The van der Waals surface area contributed by atoms with Crippen LogP contribution in [0.5, 0.6) is 11.5 Å². The third-order valence-electron chi connectivity index (χ3n) is 4.83. The molecule has 0 spiro atoms.